The smallest absolute Gasteiger partial charge is 0.339 e. The van der Waals surface area contributed by atoms with Crippen molar-refractivity contribution >= 4 is 11.9 Å². The molecular formula is C17H19N3O4. The number of carboxylic acid groups (broad SMARTS) is 1. The van der Waals surface area contributed by atoms with Gasteiger partial charge in [-0.1, -0.05) is 12.1 Å². The minimum atomic E-state index is -1.05. The van der Waals surface area contributed by atoms with Gasteiger partial charge < -0.3 is 14.7 Å². The minimum absolute atomic E-state index is 0.111. The summed E-state index contributed by atoms with van der Waals surface area (Å²) in [7, 11) is 1.53. The molecule has 7 nitrogen and oxygen atoms in total. The average molecular weight is 329 g/mol. The van der Waals surface area contributed by atoms with E-state index < -0.39 is 5.97 Å². The number of hydrogen-bond donors (Lipinski definition) is 2. The molecule has 1 amide bonds. The van der Waals surface area contributed by atoms with Gasteiger partial charge in [0.05, 0.1) is 30.6 Å². The number of aromatic carboxylic acids is 1. The molecule has 1 saturated heterocycles. The molecule has 0 bridgehead atoms. The summed E-state index contributed by atoms with van der Waals surface area (Å²) in [5.74, 6) is -0.702. The van der Waals surface area contributed by atoms with E-state index in [1.807, 2.05) is 0 Å². The number of piperidine rings is 1. The monoisotopic (exact) mass is 329 g/mol. The number of rotatable bonds is 4. The molecular weight excluding hydrogens is 310 g/mol. The predicted molar refractivity (Wildman–Crippen MR) is 86.2 cm³/mol. The number of carbonyl (C=O) groups is 2. The van der Waals surface area contributed by atoms with Crippen molar-refractivity contribution < 1.29 is 19.4 Å². The highest BCUT2D eigenvalue weighted by molar-refractivity contribution is 5.97. The molecule has 0 saturated carbocycles. The van der Waals surface area contributed by atoms with Crippen LogP contribution in [-0.2, 0) is 0 Å². The Morgan fingerprint density at radius 3 is 2.83 bits per heavy atom. The van der Waals surface area contributed by atoms with E-state index in [0.29, 0.717) is 30.0 Å². The number of aromatic amines is 1. The Kier molecular flexibility index (Phi) is 4.50. The van der Waals surface area contributed by atoms with Gasteiger partial charge in [0.25, 0.3) is 5.91 Å². The van der Waals surface area contributed by atoms with Crippen molar-refractivity contribution in [2.24, 2.45) is 0 Å². The molecule has 1 fully saturated rings. The van der Waals surface area contributed by atoms with Crippen LogP contribution in [0, 0.1) is 0 Å². The van der Waals surface area contributed by atoms with Gasteiger partial charge in [0.2, 0.25) is 0 Å². The zero-order chi connectivity index (χ0) is 17.1. The molecule has 1 aliphatic heterocycles. The quantitative estimate of drug-likeness (QED) is 0.898. The Labute approximate surface area is 139 Å². The molecule has 2 N–H and O–H groups in total. The number of benzene rings is 1. The van der Waals surface area contributed by atoms with Gasteiger partial charge in [0, 0.05) is 6.54 Å². The number of ether oxygens (including phenoxy) is 1. The van der Waals surface area contributed by atoms with Gasteiger partial charge in [-0.15, -0.1) is 0 Å². The van der Waals surface area contributed by atoms with Crippen molar-refractivity contribution in [3.63, 3.8) is 0 Å². The van der Waals surface area contributed by atoms with Crippen LogP contribution >= 0.6 is 0 Å². The molecule has 1 aliphatic rings. The molecule has 0 spiro atoms. The number of carboxylic acids is 1. The van der Waals surface area contributed by atoms with Crippen LogP contribution in [0.5, 0.6) is 5.75 Å². The number of amides is 1. The van der Waals surface area contributed by atoms with Gasteiger partial charge in [-0.25, -0.2) is 4.79 Å². The molecule has 0 radical (unpaired) electrons. The fourth-order valence-electron chi connectivity index (χ4n) is 3.17. The fourth-order valence-corrected chi connectivity index (χ4v) is 3.17. The largest absolute Gasteiger partial charge is 0.496 e. The van der Waals surface area contributed by atoms with Crippen LogP contribution in [0.2, 0.25) is 0 Å². The summed E-state index contributed by atoms with van der Waals surface area (Å²) in [6.45, 7) is 0.569. The van der Waals surface area contributed by atoms with Crippen molar-refractivity contribution in [3.8, 4) is 5.75 Å². The lowest BCUT2D eigenvalue weighted by atomic mass is 9.96. The first kappa shape index (κ1) is 16.0. The van der Waals surface area contributed by atoms with E-state index in [2.05, 4.69) is 10.2 Å². The summed E-state index contributed by atoms with van der Waals surface area (Å²) in [6, 6.07) is 6.72. The number of nitrogens with zero attached hydrogens (tertiary/aromatic N) is 2. The summed E-state index contributed by atoms with van der Waals surface area (Å²) < 4.78 is 5.28. The molecule has 3 rings (SSSR count). The first-order valence-corrected chi connectivity index (χ1v) is 7.84. The van der Waals surface area contributed by atoms with Crippen molar-refractivity contribution in [1.82, 2.24) is 15.1 Å². The number of hydrogen-bond acceptors (Lipinski definition) is 4. The average Bonchev–Trinajstić information content (AvgIpc) is 3.11. The van der Waals surface area contributed by atoms with E-state index in [9.17, 15) is 14.7 Å². The summed E-state index contributed by atoms with van der Waals surface area (Å²) in [4.78, 5) is 26.1. The van der Waals surface area contributed by atoms with Crippen molar-refractivity contribution in [3.05, 3.63) is 47.3 Å². The number of methoxy groups -OCH3 is 1. The van der Waals surface area contributed by atoms with Gasteiger partial charge in [0.1, 0.15) is 11.3 Å². The third kappa shape index (κ3) is 2.84. The third-order valence-corrected chi connectivity index (χ3v) is 4.33. The van der Waals surface area contributed by atoms with Crippen molar-refractivity contribution in [2.45, 2.75) is 25.3 Å². The van der Waals surface area contributed by atoms with E-state index in [4.69, 9.17) is 4.74 Å². The summed E-state index contributed by atoms with van der Waals surface area (Å²) in [5, 5.41) is 15.9. The lowest BCUT2D eigenvalue weighted by Gasteiger charge is -2.35. The molecule has 7 heteroatoms. The molecule has 2 heterocycles. The zero-order valence-electron chi connectivity index (χ0n) is 13.4. The van der Waals surface area contributed by atoms with Gasteiger partial charge in [0.15, 0.2) is 0 Å². The predicted octanol–water partition coefficient (Wildman–Crippen LogP) is 2.48. The first-order valence-electron chi connectivity index (χ1n) is 7.84. The number of likely N-dealkylation sites (tertiary alicyclic amines) is 1. The molecule has 1 unspecified atom stereocenters. The topological polar surface area (TPSA) is 95.5 Å². The maximum absolute atomic E-state index is 13.0. The normalized spacial score (nSPS) is 17.5. The number of H-pyrrole nitrogens is 1. The summed E-state index contributed by atoms with van der Waals surface area (Å²) in [5.41, 5.74) is 1.06. The second kappa shape index (κ2) is 6.74. The summed E-state index contributed by atoms with van der Waals surface area (Å²) >= 11 is 0. The number of aromatic nitrogens is 2. The van der Waals surface area contributed by atoms with Crippen LogP contribution in [0.4, 0.5) is 0 Å². The Morgan fingerprint density at radius 2 is 2.08 bits per heavy atom. The molecule has 2 aromatic rings. The molecule has 1 aromatic carbocycles. The van der Waals surface area contributed by atoms with Crippen LogP contribution in [0.25, 0.3) is 0 Å². The van der Waals surface area contributed by atoms with Crippen LogP contribution in [0.15, 0.2) is 30.5 Å². The van der Waals surface area contributed by atoms with Crippen LogP contribution < -0.4 is 4.74 Å². The molecule has 126 valence electrons. The Bertz CT molecular complexity index is 756. The third-order valence-electron chi connectivity index (χ3n) is 4.33. The SMILES string of the molecule is COc1ccccc1C(=O)N1CCCCC1c1[nH]ncc1C(=O)O. The van der Waals surface area contributed by atoms with E-state index in [1.54, 1.807) is 29.2 Å². The van der Waals surface area contributed by atoms with Gasteiger partial charge in [-0.3, -0.25) is 9.89 Å². The van der Waals surface area contributed by atoms with E-state index in [1.165, 1.54) is 13.3 Å². The van der Waals surface area contributed by atoms with Crippen LogP contribution in [-0.4, -0.2) is 45.7 Å². The Hall–Kier alpha value is -2.83. The number of para-hydroxylation sites is 1. The second-order valence-electron chi connectivity index (χ2n) is 5.71. The number of carbonyl (C=O) groups excluding carboxylic acids is 1. The standard InChI is InChI=1S/C17H19N3O4/c1-24-14-8-3-2-6-11(14)16(21)20-9-5-4-7-13(20)15-12(17(22)23)10-18-19-15/h2-3,6,8,10,13H,4-5,7,9H2,1H3,(H,18,19)(H,22,23). The first-order chi connectivity index (χ1) is 11.6. The molecule has 1 atom stereocenters. The van der Waals surface area contributed by atoms with Gasteiger partial charge in [-0.2, -0.15) is 5.10 Å². The molecule has 1 aromatic heterocycles. The number of nitrogens with one attached hydrogen (secondary N) is 1. The lowest BCUT2D eigenvalue weighted by molar-refractivity contribution is 0.0587. The van der Waals surface area contributed by atoms with E-state index in [0.717, 1.165) is 12.8 Å². The zero-order valence-corrected chi connectivity index (χ0v) is 13.4. The maximum atomic E-state index is 13.0. The highest BCUT2D eigenvalue weighted by atomic mass is 16.5. The maximum Gasteiger partial charge on any atom is 0.339 e. The van der Waals surface area contributed by atoms with Gasteiger partial charge >= 0.3 is 5.97 Å². The summed E-state index contributed by atoms with van der Waals surface area (Å²) in [6.07, 6.45) is 3.80. The van der Waals surface area contributed by atoms with E-state index in [-0.39, 0.29) is 17.5 Å². The Morgan fingerprint density at radius 1 is 1.29 bits per heavy atom. The highest BCUT2D eigenvalue weighted by Crippen LogP contribution is 2.34. The molecule has 0 aliphatic carbocycles. The van der Waals surface area contributed by atoms with Crippen LogP contribution in [0.3, 0.4) is 0 Å². The van der Waals surface area contributed by atoms with Crippen LogP contribution in [0.1, 0.15) is 51.7 Å². The van der Waals surface area contributed by atoms with E-state index >= 15 is 0 Å². The minimum Gasteiger partial charge on any atom is -0.496 e. The van der Waals surface area contributed by atoms with Crippen molar-refractivity contribution in [2.75, 3.05) is 13.7 Å². The fraction of sp³-hybridized carbons (Fsp3) is 0.353. The molecule has 24 heavy (non-hydrogen) atoms. The van der Waals surface area contributed by atoms with Crippen molar-refractivity contribution in [1.29, 1.82) is 0 Å². The lowest BCUT2D eigenvalue weighted by Crippen LogP contribution is -2.39. The van der Waals surface area contributed by atoms with Gasteiger partial charge in [-0.05, 0) is 31.4 Å². The Balaban J connectivity index is 1.96. The highest BCUT2D eigenvalue weighted by Gasteiger charge is 2.33. The second-order valence-corrected chi connectivity index (χ2v) is 5.71.